The number of nitrogens with zero attached hydrogens (tertiary/aromatic N) is 1. The van der Waals surface area contributed by atoms with Gasteiger partial charge in [-0.1, -0.05) is 6.07 Å². The van der Waals surface area contributed by atoms with E-state index in [0.29, 0.717) is 36.8 Å². The highest BCUT2D eigenvalue weighted by Gasteiger charge is 2.25. The van der Waals surface area contributed by atoms with Crippen LogP contribution >= 0.6 is 0 Å². The Morgan fingerprint density at radius 3 is 2.68 bits per heavy atom. The second kappa shape index (κ2) is 4.90. The van der Waals surface area contributed by atoms with Gasteiger partial charge in [0.1, 0.15) is 5.82 Å². The zero-order valence-electron chi connectivity index (χ0n) is 12.0. The molecule has 0 spiro atoms. The highest BCUT2D eigenvalue weighted by molar-refractivity contribution is 6.15. The van der Waals surface area contributed by atoms with Gasteiger partial charge < -0.3 is 4.57 Å². The molecule has 3 aromatic rings. The van der Waals surface area contributed by atoms with E-state index in [2.05, 4.69) is 0 Å². The first-order chi connectivity index (χ1) is 10.7. The topological polar surface area (TPSA) is 22.0 Å². The summed E-state index contributed by atoms with van der Waals surface area (Å²) in [5.74, 6) is -0.160. The molecule has 0 aliphatic heterocycles. The maximum Gasteiger partial charge on any atom is 0.163 e. The molecule has 0 saturated heterocycles. The van der Waals surface area contributed by atoms with Crippen molar-refractivity contribution >= 4 is 27.6 Å². The highest BCUT2D eigenvalue weighted by atomic mass is 19.1. The molecule has 0 radical (unpaired) electrons. The van der Waals surface area contributed by atoms with Crippen LogP contribution in [-0.4, -0.2) is 17.0 Å². The fraction of sp³-hybridized carbons (Fsp3) is 0.278. The summed E-state index contributed by atoms with van der Waals surface area (Å²) >= 11 is 0. The van der Waals surface area contributed by atoms with Crippen LogP contribution in [0.4, 0.5) is 8.78 Å². The lowest BCUT2D eigenvalue weighted by Crippen LogP contribution is -1.99. The molecule has 22 heavy (non-hydrogen) atoms. The first kappa shape index (κ1) is 13.4. The average Bonchev–Trinajstić information content (AvgIpc) is 3.04. The predicted octanol–water partition coefficient (Wildman–Crippen LogP) is 4.42. The minimum atomic E-state index is -0.403. The van der Waals surface area contributed by atoms with Crippen molar-refractivity contribution < 1.29 is 13.6 Å². The van der Waals surface area contributed by atoms with Gasteiger partial charge in [-0.15, -0.1) is 0 Å². The first-order valence-electron chi connectivity index (χ1n) is 7.54. The molecule has 1 aliphatic carbocycles. The van der Waals surface area contributed by atoms with E-state index in [9.17, 15) is 13.6 Å². The summed E-state index contributed by atoms with van der Waals surface area (Å²) in [5.41, 5.74) is 3.31. The van der Waals surface area contributed by atoms with Gasteiger partial charge in [-0.05, 0) is 42.7 Å². The number of ketones is 1. The van der Waals surface area contributed by atoms with Crippen LogP contribution in [0.15, 0.2) is 30.3 Å². The lowest BCUT2D eigenvalue weighted by Gasteiger charge is -2.06. The molecule has 2 nitrogen and oxygen atoms in total. The number of carbonyl (C=O) groups is 1. The number of Topliss-reactive ketones (excluding diaryl/α,β-unsaturated/α-hetero) is 1. The molecule has 0 unspecified atom stereocenters. The second-order valence-corrected chi connectivity index (χ2v) is 5.74. The largest absolute Gasteiger partial charge is 0.340 e. The summed E-state index contributed by atoms with van der Waals surface area (Å²) in [6.07, 6.45) is 1.54. The third-order valence-electron chi connectivity index (χ3n) is 4.53. The monoisotopic (exact) mass is 299 g/mol. The number of hydrogen-bond acceptors (Lipinski definition) is 1. The molecule has 0 amide bonds. The number of aromatic nitrogens is 1. The van der Waals surface area contributed by atoms with E-state index in [0.717, 1.165) is 22.0 Å². The Kier molecular flexibility index (Phi) is 2.99. The van der Waals surface area contributed by atoms with Crippen molar-refractivity contribution in [2.75, 3.05) is 6.67 Å². The molecule has 1 aromatic heterocycles. The molecule has 1 heterocycles. The smallest absolute Gasteiger partial charge is 0.163 e. The molecule has 112 valence electrons. The fourth-order valence-electron chi connectivity index (χ4n) is 3.61. The van der Waals surface area contributed by atoms with Gasteiger partial charge in [0.25, 0.3) is 0 Å². The van der Waals surface area contributed by atoms with Crippen LogP contribution in [0.25, 0.3) is 21.8 Å². The quantitative estimate of drug-likeness (QED) is 0.701. The van der Waals surface area contributed by atoms with Crippen LogP contribution in [0.1, 0.15) is 28.8 Å². The van der Waals surface area contributed by atoms with Crippen molar-refractivity contribution in [3.63, 3.8) is 0 Å². The maximum absolute atomic E-state index is 14.4. The Morgan fingerprint density at radius 1 is 1.05 bits per heavy atom. The minimum Gasteiger partial charge on any atom is -0.340 e. The third-order valence-corrected chi connectivity index (χ3v) is 4.53. The molecular formula is C18H15F2NO. The Hall–Kier alpha value is -2.23. The molecule has 0 atom stereocenters. The zero-order valence-corrected chi connectivity index (χ0v) is 12.0. The second-order valence-electron chi connectivity index (χ2n) is 5.74. The highest BCUT2D eigenvalue weighted by Crippen LogP contribution is 2.38. The molecule has 1 aliphatic rings. The van der Waals surface area contributed by atoms with E-state index in [-0.39, 0.29) is 11.6 Å². The van der Waals surface area contributed by atoms with Gasteiger partial charge in [0.05, 0.1) is 12.2 Å². The van der Waals surface area contributed by atoms with Crippen LogP contribution < -0.4 is 0 Å². The van der Waals surface area contributed by atoms with Gasteiger partial charge in [-0.2, -0.15) is 0 Å². The molecule has 2 aromatic carbocycles. The van der Waals surface area contributed by atoms with Gasteiger partial charge >= 0.3 is 0 Å². The summed E-state index contributed by atoms with van der Waals surface area (Å²) < 4.78 is 29.0. The van der Waals surface area contributed by atoms with E-state index in [1.807, 2.05) is 22.8 Å². The van der Waals surface area contributed by atoms with Crippen LogP contribution in [0.3, 0.4) is 0 Å². The Balaban J connectivity index is 2.14. The Morgan fingerprint density at radius 2 is 1.86 bits per heavy atom. The van der Waals surface area contributed by atoms with Crippen molar-refractivity contribution in [3.8, 4) is 0 Å². The Bertz CT molecular complexity index is 910. The van der Waals surface area contributed by atoms with Crippen molar-refractivity contribution in [1.29, 1.82) is 0 Å². The van der Waals surface area contributed by atoms with Crippen LogP contribution in [0.5, 0.6) is 0 Å². The van der Waals surface area contributed by atoms with E-state index in [1.54, 1.807) is 6.07 Å². The molecule has 0 saturated carbocycles. The zero-order chi connectivity index (χ0) is 15.3. The number of benzene rings is 2. The summed E-state index contributed by atoms with van der Waals surface area (Å²) in [6, 6.07) is 8.68. The van der Waals surface area contributed by atoms with Crippen molar-refractivity contribution in [2.45, 2.75) is 25.8 Å². The van der Waals surface area contributed by atoms with E-state index in [1.165, 1.54) is 6.07 Å². The summed E-state index contributed by atoms with van der Waals surface area (Å²) in [4.78, 5) is 12.0. The standard InChI is InChI=1S/C18H15F2NO/c19-9-2-10-21-14-4-1-3-13(20)18(14)17-12-6-8-16(22)11(12)5-7-15(17)21/h1,3-5,7H,2,6,8-10H2. The first-order valence-corrected chi connectivity index (χ1v) is 7.54. The number of fused-ring (bicyclic) bond motifs is 5. The van der Waals surface area contributed by atoms with Crippen molar-refractivity contribution in [1.82, 2.24) is 4.57 Å². The molecule has 4 rings (SSSR count). The number of alkyl halides is 1. The third kappa shape index (κ3) is 1.73. The van der Waals surface area contributed by atoms with Gasteiger partial charge in [-0.3, -0.25) is 9.18 Å². The van der Waals surface area contributed by atoms with Crippen molar-refractivity contribution in [3.05, 3.63) is 47.3 Å². The van der Waals surface area contributed by atoms with Crippen LogP contribution in [-0.2, 0) is 13.0 Å². The number of carbonyl (C=O) groups excluding carboxylic acids is 1. The normalized spacial score (nSPS) is 14.2. The fourth-order valence-corrected chi connectivity index (χ4v) is 3.61. The molecule has 4 heteroatoms. The number of rotatable bonds is 3. The number of halogens is 2. The average molecular weight is 299 g/mol. The Labute approximate surface area is 126 Å². The molecular weight excluding hydrogens is 284 g/mol. The number of aryl methyl sites for hydroxylation is 2. The summed E-state index contributed by atoms with van der Waals surface area (Å²) in [7, 11) is 0. The summed E-state index contributed by atoms with van der Waals surface area (Å²) in [5, 5.41) is 1.39. The van der Waals surface area contributed by atoms with Gasteiger partial charge in [0.15, 0.2) is 5.78 Å². The van der Waals surface area contributed by atoms with Crippen LogP contribution in [0, 0.1) is 5.82 Å². The molecule has 0 N–H and O–H groups in total. The minimum absolute atomic E-state index is 0.123. The lowest BCUT2D eigenvalue weighted by atomic mass is 10.0. The predicted molar refractivity (Wildman–Crippen MR) is 82.6 cm³/mol. The van der Waals surface area contributed by atoms with Crippen LogP contribution in [0.2, 0.25) is 0 Å². The van der Waals surface area contributed by atoms with E-state index in [4.69, 9.17) is 0 Å². The SMILES string of the molecule is O=C1CCc2c1ccc1c2c2c(F)cccc2n1CCCF. The maximum atomic E-state index is 14.4. The molecule has 0 bridgehead atoms. The number of hydrogen-bond donors (Lipinski definition) is 0. The van der Waals surface area contributed by atoms with E-state index < -0.39 is 6.67 Å². The van der Waals surface area contributed by atoms with Gasteiger partial charge in [-0.25, -0.2) is 4.39 Å². The van der Waals surface area contributed by atoms with Gasteiger partial charge in [0.2, 0.25) is 0 Å². The van der Waals surface area contributed by atoms with Crippen molar-refractivity contribution in [2.24, 2.45) is 0 Å². The van der Waals surface area contributed by atoms with Gasteiger partial charge in [0, 0.05) is 34.8 Å². The lowest BCUT2D eigenvalue weighted by molar-refractivity contribution is 0.0994. The summed E-state index contributed by atoms with van der Waals surface area (Å²) in [6.45, 7) is 0.104. The van der Waals surface area contributed by atoms with E-state index >= 15 is 0 Å². The molecule has 0 fully saturated rings.